The van der Waals surface area contributed by atoms with Gasteiger partial charge in [-0.3, -0.25) is 19.8 Å². The van der Waals surface area contributed by atoms with Crippen molar-refractivity contribution in [3.8, 4) is 0 Å². The largest absolute Gasteiger partial charge is 0.337 e. The molecule has 2 aromatic carbocycles. The number of hydrogen-bond donors (Lipinski definition) is 0. The summed E-state index contributed by atoms with van der Waals surface area (Å²) in [5.74, 6) is -0.435. The fourth-order valence-electron chi connectivity index (χ4n) is 3.12. The quantitative estimate of drug-likeness (QED) is 0.623. The van der Waals surface area contributed by atoms with E-state index in [1.54, 1.807) is 23.1 Å². The maximum Gasteiger partial charge on any atom is 0.270 e. The minimum Gasteiger partial charge on any atom is -0.337 e. The minimum absolute atomic E-state index is 0.0800. The van der Waals surface area contributed by atoms with Gasteiger partial charge in [0.05, 0.1) is 4.92 Å². The average Bonchev–Trinajstić information content (AvgIpc) is 2.89. The Bertz CT molecular complexity index is 795. The number of nitrogens with zero attached hydrogens (tertiary/aromatic N) is 3. The predicted molar refractivity (Wildman–Crippen MR) is 95.3 cm³/mol. The molecule has 0 saturated carbocycles. The first kappa shape index (κ1) is 18.0. The van der Waals surface area contributed by atoms with E-state index >= 15 is 0 Å². The third kappa shape index (κ3) is 4.43. The van der Waals surface area contributed by atoms with Gasteiger partial charge in [0.25, 0.3) is 11.6 Å². The first-order valence-electron chi connectivity index (χ1n) is 8.53. The fourth-order valence-corrected chi connectivity index (χ4v) is 3.12. The van der Waals surface area contributed by atoms with Crippen LogP contribution in [0.15, 0.2) is 48.5 Å². The summed E-state index contributed by atoms with van der Waals surface area (Å²) < 4.78 is 13.0. The van der Waals surface area contributed by atoms with Crippen LogP contribution in [0.3, 0.4) is 0 Å². The molecule has 6 nitrogen and oxygen atoms in total. The zero-order valence-electron chi connectivity index (χ0n) is 14.3. The van der Waals surface area contributed by atoms with Crippen LogP contribution in [-0.4, -0.2) is 46.8 Å². The maximum absolute atomic E-state index is 13.0. The number of non-ortho nitro benzene ring substituents is 1. The highest BCUT2D eigenvalue weighted by molar-refractivity contribution is 5.94. The second-order valence-corrected chi connectivity index (χ2v) is 6.36. The SMILES string of the molecule is O=C(c1cccc([N+](=O)[O-])c1)N1CCCN(Cc2ccc(F)cc2)CC1. The zero-order valence-corrected chi connectivity index (χ0v) is 14.3. The molecule has 7 heteroatoms. The Morgan fingerprint density at radius 1 is 1.08 bits per heavy atom. The molecule has 0 unspecified atom stereocenters. The molecule has 1 heterocycles. The highest BCUT2D eigenvalue weighted by atomic mass is 19.1. The van der Waals surface area contributed by atoms with E-state index in [-0.39, 0.29) is 17.4 Å². The van der Waals surface area contributed by atoms with Crippen LogP contribution in [0.5, 0.6) is 0 Å². The number of benzene rings is 2. The Morgan fingerprint density at radius 3 is 2.58 bits per heavy atom. The molecule has 136 valence electrons. The van der Waals surface area contributed by atoms with Gasteiger partial charge >= 0.3 is 0 Å². The third-order valence-electron chi connectivity index (χ3n) is 4.50. The summed E-state index contributed by atoms with van der Waals surface area (Å²) in [6, 6.07) is 12.3. The molecular weight excluding hydrogens is 337 g/mol. The molecule has 0 N–H and O–H groups in total. The highest BCUT2D eigenvalue weighted by Crippen LogP contribution is 2.16. The Hall–Kier alpha value is -2.80. The molecule has 0 bridgehead atoms. The van der Waals surface area contributed by atoms with Crippen molar-refractivity contribution >= 4 is 11.6 Å². The average molecular weight is 357 g/mol. The van der Waals surface area contributed by atoms with E-state index in [9.17, 15) is 19.3 Å². The zero-order chi connectivity index (χ0) is 18.5. The van der Waals surface area contributed by atoms with Crippen molar-refractivity contribution in [3.05, 3.63) is 75.6 Å². The monoisotopic (exact) mass is 357 g/mol. The van der Waals surface area contributed by atoms with Crippen LogP contribution in [0.25, 0.3) is 0 Å². The molecule has 1 amide bonds. The molecule has 3 rings (SSSR count). The van der Waals surface area contributed by atoms with E-state index in [0.29, 0.717) is 31.7 Å². The normalized spacial score (nSPS) is 15.5. The molecule has 1 saturated heterocycles. The summed E-state index contributed by atoms with van der Waals surface area (Å²) in [5.41, 5.74) is 1.29. The van der Waals surface area contributed by atoms with E-state index in [1.807, 2.05) is 0 Å². The number of hydrogen-bond acceptors (Lipinski definition) is 4. The first-order chi connectivity index (χ1) is 12.5. The number of amides is 1. The van der Waals surface area contributed by atoms with Gasteiger partial charge in [0.15, 0.2) is 0 Å². The second-order valence-electron chi connectivity index (χ2n) is 6.36. The van der Waals surface area contributed by atoms with Crippen LogP contribution in [-0.2, 0) is 6.54 Å². The molecule has 0 aliphatic carbocycles. The van der Waals surface area contributed by atoms with Crippen molar-refractivity contribution in [2.24, 2.45) is 0 Å². The van der Waals surface area contributed by atoms with Gasteiger partial charge in [0.2, 0.25) is 0 Å². The van der Waals surface area contributed by atoms with Gasteiger partial charge in [-0.05, 0) is 30.2 Å². The molecular formula is C19H20FN3O3. The third-order valence-corrected chi connectivity index (χ3v) is 4.50. The molecule has 26 heavy (non-hydrogen) atoms. The van der Waals surface area contributed by atoms with Crippen molar-refractivity contribution in [1.29, 1.82) is 0 Å². The van der Waals surface area contributed by atoms with Gasteiger partial charge in [-0.25, -0.2) is 4.39 Å². The molecule has 0 aromatic heterocycles. The lowest BCUT2D eigenvalue weighted by Gasteiger charge is -2.22. The second kappa shape index (κ2) is 8.05. The van der Waals surface area contributed by atoms with Crippen LogP contribution in [0.2, 0.25) is 0 Å². The first-order valence-corrected chi connectivity index (χ1v) is 8.53. The number of halogens is 1. The van der Waals surface area contributed by atoms with Crippen LogP contribution in [0.1, 0.15) is 22.3 Å². The fraction of sp³-hybridized carbons (Fsp3) is 0.316. The lowest BCUT2D eigenvalue weighted by Crippen LogP contribution is -2.35. The van der Waals surface area contributed by atoms with E-state index < -0.39 is 4.92 Å². The summed E-state index contributed by atoms with van der Waals surface area (Å²) in [5, 5.41) is 10.9. The van der Waals surface area contributed by atoms with Gasteiger partial charge in [0, 0.05) is 50.4 Å². The van der Waals surface area contributed by atoms with Crippen LogP contribution >= 0.6 is 0 Å². The summed E-state index contributed by atoms with van der Waals surface area (Å²) in [7, 11) is 0. The Kier molecular flexibility index (Phi) is 5.58. The Morgan fingerprint density at radius 2 is 1.85 bits per heavy atom. The highest BCUT2D eigenvalue weighted by Gasteiger charge is 2.21. The van der Waals surface area contributed by atoms with Gasteiger partial charge in [-0.15, -0.1) is 0 Å². The minimum atomic E-state index is -0.496. The van der Waals surface area contributed by atoms with E-state index in [0.717, 1.165) is 18.5 Å². The molecule has 0 radical (unpaired) electrons. The van der Waals surface area contributed by atoms with Gasteiger partial charge in [0.1, 0.15) is 5.82 Å². The van der Waals surface area contributed by atoms with Crippen LogP contribution in [0, 0.1) is 15.9 Å². The van der Waals surface area contributed by atoms with Crippen molar-refractivity contribution in [2.45, 2.75) is 13.0 Å². The van der Waals surface area contributed by atoms with Crippen LogP contribution in [0.4, 0.5) is 10.1 Å². The summed E-state index contributed by atoms with van der Waals surface area (Å²) in [6.07, 6.45) is 0.821. The molecule has 0 spiro atoms. The number of carbonyl (C=O) groups excluding carboxylic acids is 1. The predicted octanol–water partition coefficient (Wildman–Crippen LogP) is 3.08. The topological polar surface area (TPSA) is 66.7 Å². The number of rotatable bonds is 4. The van der Waals surface area contributed by atoms with Crippen molar-refractivity contribution in [2.75, 3.05) is 26.2 Å². The number of nitro groups is 1. The van der Waals surface area contributed by atoms with E-state index in [4.69, 9.17) is 0 Å². The summed E-state index contributed by atoms with van der Waals surface area (Å²) in [6.45, 7) is 3.43. The van der Waals surface area contributed by atoms with Crippen molar-refractivity contribution in [3.63, 3.8) is 0 Å². The van der Waals surface area contributed by atoms with Gasteiger partial charge in [-0.1, -0.05) is 18.2 Å². The summed E-state index contributed by atoms with van der Waals surface area (Å²) >= 11 is 0. The van der Waals surface area contributed by atoms with Crippen molar-refractivity contribution < 1.29 is 14.1 Å². The smallest absolute Gasteiger partial charge is 0.270 e. The molecule has 1 fully saturated rings. The van der Waals surface area contributed by atoms with E-state index in [2.05, 4.69) is 4.90 Å². The number of nitro benzene ring substituents is 1. The lowest BCUT2D eigenvalue weighted by molar-refractivity contribution is -0.384. The van der Waals surface area contributed by atoms with Crippen molar-refractivity contribution in [1.82, 2.24) is 9.80 Å². The van der Waals surface area contributed by atoms with Gasteiger partial charge in [-0.2, -0.15) is 0 Å². The molecule has 1 aliphatic rings. The molecule has 2 aromatic rings. The Balaban J connectivity index is 1.62. The van der Waals surface area contributed by atoms with Gasteiger partial charge < -0.3 is 4.90 Å². The Labute approximate surface area is 151 Å². The maximum atomic E-state index is 13.0. The van der Waals surface area contributed by atoms with E-state index in [1.165, 1.54) is 30.3 Å². The standard InChI is InChI=1S/C19H20FN3O3/c20-17-7-5-15(6-8-17)14-21-9-2-10-22(12-11-21)19(24)16-3-1-4-18(13-16)23(25)26/h1,3-8,13H,2,9-12,14H2. The number of carbonyl (C=O) groups is 1. The lowest BCUT2D eigenvalue weighted by atomic mass is 10.1. The molecule has 1 aliphatic heterocycles. The summed E-state index contributed by atoms with van der Waals surface area (Å²) in [4.78, 5) is 27.0. The van der Waals surface area contributed by atoms with Crippen LogP contribution < -0.4 is 0 Å². The molecule has 0 atom stereocenters.